The molecule has 4 heteroatoms. The van der Waals surface area contributed by atoms with Gasteiger partial charge in [-0.3, -0.25) is 0 Å². The fourth-order valence-electron chi connectivity index (χ4n) is 1.54. The SMILES string of the molecule is NCCCc1ccc2[nH]c(=O)[nH]c2c1. The van der Waals surface area contributed by atoms with Gasteiger partial charge in [-0.2, -0.15) is 0 Å². The number of hydrogen-bond acceptors (Lipinski definition) is 2. The second-order valence-electron chi connectivity index (χ2n) is 3.35. The van der Waals surface area contributed by atoms with Gasteiger partial charge < -0.3 is 15.7 Å². The number of nitrogens with two attached hydrogens (primary N) is 1. The summed E-state index contributed by atoms with van der Waals surface area (Å²) in [5.74, 6) is 0. The monoisotopic (exact) mass is 191 g/mol. The first-order valence-electron chi connectivity index (χ1n) is 4.70. The lowest BCUT2D eigenvalue weighted by Gasteiger charge is -1.98. The van der Waals surface area contributed by atoms with Gasteiger partial charge in [0.15, 0.2) is 0 Å². The minimum absolute atomic E-state index is 0.157. The maximum atomic E-state index is 11.0. The zero-order chi connectivity index (χ0) is 9.97. The minimum Gasteiger partial charge on any atom is -0.330 e. The summed E-state index contributed by atoms with van der Waals surface area (Å²) in [6.07, 6.45) is 1.93. The Labute approximate surface area is 81.1 Å². The number of rotatable bonds is 3. The second kappa shape index (κ2) is 3.67. The number of imidazole rings is 1. The van der Waals surface area contributed by atoms with E-state index in [1.807, 2.05) is 18.2 Å². The molecule has 4 N–H and O–H groups in total. The predicted molar refractivity (Wildman–Crippen MR) is 56.3 cm³/mol. The van der Waals surface area contributed by atoms with Gasteiger partial charge in [0.25, 0.3) is 0 Å². The van der Waals surface area contributed by atoms with Crippen LogP contribution in [0.15, 0.2) is 23.0 Å². The summed E-state index contributed by atoms with van der Waals surface area (Å²) >= 11 is 0. The highest BCUT2D eigenvalue weighted by molar-refractivity contribution is 5.74. The van der Waals surface area contributed by atoms with Crippen molar-refractivity contribution in [3.63, 3.8) is 0 Å². The molecule has 0 fully saturated rings. The van der Waals surface area contributed by atoms with Crippen LogP contribution in [0.3, 0.4) is 0 Å². The Bertz CT molecular complexity index is 483. The normalized spacial score (nSPS) is 10.9. The van der Waals surface area contributed by atoms with Gasteiger partial charge in [0, 0.05) is 0 Å². The molecule has 0 aliphatic heterocycles. The highest BCUT2D eigenvalue weighted by atomic mass is 16.1. The highest BCUT2D eigenvalue weighted by Gasteiger charge is 1.99. The van der Waals surface area contributed by atoms with Crippen molar-refractivity contribution in [3.05, 3.63) is 34.2 Å². The van der Waals surface area contributed by atoms with Gasteiger partial charge >= 0.3 is 5.69 Å². The van der Waals surface area contributed by atoms with Crippen molar-refractivity contribution in [3.8, 4) is 0 Å². The van der Waals surface area contributed by atoms with Gasteiger partial charge in [-0.25, -0.2) is 4.79 Å². The molecule has 0 aliphatic carbocycles. The summed E-state index contributed by atoms with van der Waals surface area (Å²) in [4.78, 5) is 16.4. The first kappa shape index (κ1) is 9.02. The van der Waals surface area contributed by atoms with Gasteiger partial charge in [0.1, 0.15) is 0 Å². The van der Waals surface area contributed by atoms with Gasteiger partial charge in [-0.15, -0.1) is 0 Å². The standard InChI is InChI=1S/C10H13N3O/c11-5-1-2-7-3-4-8-9(6-7)13-10(14)12-8/h3-4,6H,1-2,5,11H2,(H2,12,13,14). The molecule has 2 aromatic rings. The van der Waals surface area contributed by atoms with E-state index in [-0.39, 0.29) is 5.69 Å². The molecule has 1 aromatic carbocycles. The van der Waals surface area contributed by atoms with Crippen LogP contribution in [0.2, 0.25) is 0 Å². The highest BCUT2D eigenvalue weighted by Crippen LogP contribution is 2.11. The number of benzene rings is 1. The van der Waals surface area contributed by atoms with Crippen LogP contribution in [0, 0.1) is 0 Å². The van der Waals surface area contributed by atoms with Crippen LogP contribution in [0.1, 0.15) is 12.0 Å². The van der Waals surface area contributed by atoms with Crippen molar-refractivity contribution in [2.75, 3.05) is 6.54 Å². The molecule has 0 bridgehead atoms. The van der Waals surface area contributed by atoms with Crippen LogP contribution in [0.4, 0.5) is 0 Å². The molecular weight excluding hydrogens is 178 g/mol. The summed E-state index contributed by atoms with van der Waals surface area (Å²) in [5.41, 5.74) is 8.20. The fraction of sp³-hybridized carbons (Fsp3) is 0.300. The van der Waals surface area contributed by atoms with Crippen LogP contribution in [-0.2, 0) is 6.42 Å². The molecule has 0 saturated carbocycles. The van der Waals surface area contributed by atoms with Gasteiger partial charge in [0.2, 0.25) is 0 Å². The molecule has 0 atom stereocenters. The average molecular weight is 191 g/mol. The number of hydrogen-bond donors (Lipinski definition) is 3. The Hall–Kier alpha value is -1.55. The first-order valence-corrected chi connectivity index (χ1v) is 4.70. The van der Waals surface area contributed by atoms with E-state index in [1.165, 1.54) is 5.56 Å². The van der Waals surface area contributed by atoms with Crippen molar-refractivity contribution < 1.29 is 0 Å². The third-order valence-electron chi connectivity index (χ3n) is 2.25. The summed E-state index contributed by atoms with van der Waals surface area (Å²) in [6.45, 7) is 0.696. The second-order valence-corrected chi connectivity index (χ2v) is 3.35. The Balaban J connectivity index is 2.35. The Morgan fingerprint density at radius 3 is 2.79 bits per heavy atom. The molecule has 0 unspecified atom stereocenters. The maximum absolute atomic E-state index is 11.0. The smallest absolute Gasteiger partial charge is 0.323 e. The quantitative estimate of drug-likeness (QED) is 0.669. The molecule has 0 saturated heterocycles. The van der Waals surface area contributed by atoms with Crippen molar-refractivity contribution in [2.24, 2.45) is 5.73 Å². The maximum Gasteiger partial charge on any atom is 0.323 e. The molecule has 0 aliphatic rings. The molecule has 0 amide bonds. The van der Waals surface area contributed by atoms with Crippen molar-refractivity contribution in [1.29, 1.82) is 0 Å². The number of fused-ring (bicyclic) bond motifs is 1. The molecule has 0 spiro atoms. The topological polar surface area (TPSA) is 74.7 Å². The largest absolute Gasteiger partial charge is 0.330 e. The molecule has 1 heterocycles. The third-order valence-corrected chi connectivity index (χ3v) is 2.25. The van der Waals surface area contributed by atoms with Gasteiger partial charge in [0.05, 0.1) is 11.0 Å². The summed E-state index contributed by atoms with van der Waals surface area (Å²) < 4.78 is 0. The van der Waals surface area contributed by atoms with E-state index in [0.717, 1.165) is 23.9 Å². The molecule has 1 aromatic heterocycles. The summed E-state index contributed by atoms with van der Waals surface area (Å²) in [7, 11) is 0. The average Bonchev–Trinajstić information content (AvgIpc) is 2.54. The van der Waals surface area contributed by atoms with Crippen molar-refractivity contribution in [1.82, 2.24) is 9.97 Å². The zero-order valence-corrected chi connectivity index (χ0v) is 7.84. The van der Waals surface area contributed by atoms with Gasteiger partial charge in [-0.1, -0.05) is 6.07 Å². The predicted octanol–water partition coefficient (Wildman–Crippen LogP) is 0.747. The van der Waals surface area contributed by atoms with Crippen LogP contribution < -0.4 is 11.4 Å². The lowest BCUT2D eigenvalue weighted by Crippen LogP contribution is -2.00. The van der Waals surface area contributed by atoms with Crippen LogP contribution in [-0.4, -0.2) is 16.5 Å². The third kappa shape index (κ3) is 1.70. The van der Waals surface area contributed by atoms with Crippen LogP contribution in [0.25, 0.3) is 11.0 Å². The fourth-order valence-corrected chi connectivity index (χ4v) is 1.54. The number of aromatic nitrogens is 2. The Morgan fingerprint density at radius 1 is 1.21 bits per heavy atom. The van der Waals surface area contributed by atoms with E-state index in [1.54, 1.807) is 0 Å². The number of aromatic amines is 2. The van der Waals surface area contributed by atoms with Crippen LogP contribution >= 0.6 is 0 Å². The Morgan fingerprint density at radius 2 is 2.00 bits per heavy atom. The molecule has 2 rings (SSSR count). The van der Waals surface area contributed by atoms with Crippen LogP contribution in [0.5, 0.6) is 0 Å². The minimum atomic E-state index is -0.157. The van der Waals surface area contributed by atoms with Crippen molar-refractivity contribution >= 4 is 11.0 Å². The number of H-pyrrole nitrogens is 2. The Kier molecular flexibility index (Phi) is 2.37. The number of aryl methyl sites for hydroxylation is 1. The molecule has 14 heavy (non-hydrogen) atoms. The van der Waals surface area contributed by atoms with Crippen molar-refractivity contribution in [2.45, 2.75) is 12.8 Å². The lowest BCUT2D eigenvalue weighted by molar-refractivity contribution is 0.833. The molecular formula is C10H13N3O. The zero-order valence-electron chi connectivity index (χ0n) is 7.84. The summed E-state index contributed by atoms with van der Waals surface area (Å²) in [6, 6.07) is 5.92. The van der Waals surface area contributed by atoms with E-state index >= 15 is 0 Å². The van der Waals surface area contributed by atoms with E-state index in [0.29, 0.717) is 6.54 Å². The number of nitrogens with one attached hydrogen (secondary N) is 2. The van der Waals surface area contributed by atoms with E-state index < -0.39 is 0 Å². The summed E-state index contributed by atoms with van der Waals surface area (Å²) in [5, 5.41) is 0. The molecule has 4 nitrogen and oxygen atoms in total. The molecule has 74 valence electrons. The molecule has 0 radical (unpaired) electrons. The van der Waals surface area contributed by atoms with E-state index in [2.05, 4.69) is 9.97 Å². The lowest BCUT2D eigenvalue weighted by atomic mass is 10.1. The van der Waals surface area contributed by atoms with E-state index in [9.17, 15) is 4.79 Å². The first-order chi connectivity index (χ1) is 6.79. The van der Waals surface area contributed by atoms with Gasteiger partial charge in [-0.05, 0) is 37.1 Å². The van der Waals surface area contributed by atoms with E-state index in [4.69, 9.17) is 5.73 Å².